The summed E-state index contributed by atoms with van der Waals surface area (Å²) in [4.78, 5) is 32.2. The molecule has 0 aliphatic rings. The second-order valence-corrected chi connectivity index (χ2v) is 6.91. The molecule has 3 rings (SSSR count). The zero-order valence-corrected chi connectivity index (χ0v) is 16.8. The molecule has 146 valence electrons. The van der Waals surface area contributed by atoms with Crippen molar-refractivity contribution in [3.63, 3.8) is 0 Å². The Morgan fingerprint density at radius 3 is 2.64 bits per heavy atom. The van der Waals surface area contributed by atoms with Gasteiger partial charge in [-0.25, -0.2) is 4.98 Å². The zero-order chi connectivity index (χ0) is 20.3. The zero-order valence-electron chi connectivity index (χ0n) is 16.8. The first-order valence-electron chi connectivity index (χ1n) is 9.62. The van der Waals surface area contributed by atoms with Crippen molar-refractivity contribution in [3.05, 3.63) is 65.7 Å². The number of aryl methyl sites for hydroxylation is 1. The van der Waals surface area contributed by atoms with Gasteiger partial charge in [0.1, 0.15) is 0 Å². The molecular formula is C22H26N4O2. The van der Waals surface area contributed by atoms with Crippen LogP contribution in [0.3, 0.4) is 0 Å². The van der Waals surface area contributed by atoms with E-state index in [1.165, 1.54) is 0 Å². The van der Waals surface area contributed by atoms with Crippen LogP contribution in [-0.2, 0) is 0 Å². The molecule has 0 spiro atoms. The van der Waals surface area contributed by atoms with E-state index in [0.29, 0.717) is 12.1 Å². The summed E-state index contributed by atoms with van der Waals surface area (Å²) in [5.41, 5.74) is 2.79. The molecule has 3 aromatic rings. The minimum atomic E-state index is -0.284. The van der Waals surface area contributed by atoms with Gasteiger partial charge in [-0.15, -0.1) is 0 Å². The highest BCUT2D eigenvalue weighted by molar-refractivity contribution is 6.10. The molecule has 0 aliphatic heterocycles. The molecule has 0 bridgehead atoms. The van der Waals surface area contributed by atoms with Gasteiger partial charge >= 0.3 is 0 Å². The summed E-state index contributed by atoms with van der Waals surface area (Å²) in [5, 5.41) is 2.93. The van der Waals surface area contributed by atoms with E-state index >= 15 is 0 Å². The molecule has 0 aliphatic carbocycles. The van der Waals surface area contributed by atoms with Crippen LogP contribution in [0.25, 0.3) is 5.52 Å². The third-order valence-corrected chi connectivity index (χ3v) is 4.82. The van der Waals surface area contributed by atoms with Gasteiger partial charge in [-0.3, -0.25) is 14.0 Å². The van der Waals surface area contributed by atoms with Gasteiger partial charge in [-0.2, -0.15) is 0 Å². The minimum Gasteiger partial charge on any atom is -0.347 e. The second kappa shape index (κ2) is 8.25. The normalized spacial score (nSPS) is 12.0. The summed E-state index contributed by atoms with van der Waals surface area (Å²) < 4.78 is 1.68. The molecule has 2 heterocycles. The summed E-state index contributed by atoms with van der Waals surface area (Å²) in [6, 6.07) is 13.3. The highest BCUT2D eigenvalue weighted by atomic mass is 16.2. The Morgan fingerprint density at radius 2 is 1.96 bits per heavy atom. The lowest BCUT2D eigenvalue weighted by atomic mass is 10.2. The fraction of sp³-hybridized carbons (Fsp3) is 0.318. The number of hydrogen-bond donors (Lipinski definition) is 1. The number of rotatable bonds is 6. The number of anilines is 1. The first kappa shape index (κ1) is 19.6. The smallest absolute Gasteiger partial charge is 0.287 e. The molecule has 2 amide bonds. The van der Waals surface area contributed by atoms with Gasteiger partial charge in [0, 0.05) is 24.5 Å². The first-order valence-corrected chi connectivity index (χ1v) is 9.62. The summed E-state index contributed by atoms with van der Waals surface area (Å²) in [7, 11) is 0. The van der Waals surface area contributed by atoms with Gasteiger partial charge in [-0.1, -0.05) is 25.1 Å². The Balaban J connectivity index is 2.05. The van der Waals surface area contributed by atoms with E-state index in [0.717, 1.165) is 17.7 Å². The van der Waals surface area contributed by atoms with E-state index in [4.69, 9.17) is 0 Å². The van der Waals surface area contributed by atoms with Crippen molar-refractivity contribution in [3.8, 4) is 0 Å². The van der Waals surface area contributed by atoms with Gasteiger partial charge < -0.3 is 10.2 Å². The number of carbonyl (C=O) groups is 2. The molecule has 6 heteroatoms. The Bertz CT molecular complexity index is 1010. The van der Waals surface area contributed by atoms with E-state index in [-0.39, 0.29) is 29.4 Å². The number of imidazole rings is 1. The maximum Gasteiger partial charge on any atom is 0.287 e. The molecule has 0 fully saturated rings. The summed E-state index contributed by atoms with van der Waals surface area (Å²) in [5.74, 6) is -0.285. The monoisotopic (exact) mass is 378 g/mol. The summed E-state index contributed by atoms with van der Waals surface area (Å²) in [6.07, 6.45) is 2.57. The van der Waals surface area contributed by atoms with Crippen LogP contribution >= 0.6 is 0 Å². The van der Waals surface area contributed by atoms with Crippen LogP contribution < -0.4 is 10.2 Å². The average Bonchev–Trinajstić information content (AvgIpc) is 3.08. The molecule has 1 atom stereocenters. The van der Waals surface area contributed by atoms with E-state index in [9.17, 15) is 9.59 Å². The quantitative estimate of drug-likeness (QED) is 0.709. The Morgan fingerprint density at radius 1 is 1.18 bits per heavy atom. The Kier molecular flexibility index (Phi) is 5.78. The van der Waals surface area contributed by atoms with Crippen molar-refractivity contribution in [2.45, 2.75) is 40.2 Å². The number of aromatic nitrogens is 2. The number of hydrogen-bond acceptors (Lipinski definition) is 3. The highest BCUT2D eigenvalue weighted by Crippen LogP contribution is 2.21. The topological polar surface area (TPSA) is 66.7 Å². The fourth-order valence-corrected chi connectivity index (χ4v) is 3.11. The van der Waals surface area contributed by atoms with E-state index in [1.807, 2.05) is 70.2 Å². The molecule has 1 unspecified atom stereocenters. The predicted octanol–water partition coefficient (Wildman–Crippen LogP) is 3.84. The highest BCUT2D eigenvalue weighted by Gasteiger charge is 2.25. The Labute approximate surface area is 165 Å². The number of pyridine rings is 1. The first-order chi connectivity index (χ1) is 13.5. The van der Waals surface area contributed by atoms with Crippen LogP contribution in [0.4, 0.5) is 5.69 Å². The van der Waals surface area contributed by atoms with Gasteiger partial charge in [-0.05, 0) is 57.0 Å². The predicted molar refractivity (Wildman–Crippen MR) is 111 cm³/mol. The van der Waals surface area contributed by atoms with Crippen LogP contribution in [0.1, 0.15) is 53.9 Å². The van der Waals surface area contributed by atoms with Crippen molar-refractivity contribution < 1.29 is 9.59 Å². The Hall–Kier alpha value is -3.15. The molecule has 0 saturated carbocycles. The number of nitrogens with one attached hydrogen (secondary N) is 1. The van der Waals surface area contributed by atoms with Crippen LogP contribution in [-0.4, -0.2) is 33.8 Å². The van der Waals surface area contributed by atoms with Crippen molar-refractivity contribution in [1.29, 1.82) is 0 Å². The third-order valence-electron chi connectivity index (χ3n) is 4.82. The molecule has 2 aromatic heterocycles. The second-order valence-electron chi connectivity index (χ2n) is 6.91. The fourth-order valence-electron chi connectivity index (χ4n) is 3.11. The SMILES string of the molecule is CCC(C)NC(=O)c1nc(C(=O)N(CC)c2cccc(C)c2)c2ccccn12. The van der Waals surface area contributed by atoms with Crippen molar-refractivity contribution >= 4 is 23.0 Å². The van der Waals surface area contributed by atoms with E-state index < -0.39 is 0 Å². The minimum absolute atomic E-state index is 0.0298. The molecule has 0 radical (unpaired) electrons. The van der Waals surface area contributed by atoms with Gasteiger partial charge in [0.05, 0.1) is 5.52 Å². The summed E-state index contributed by atoms with van der Waals surface area (Å²) >= 11 is 0. The average molecular weight is 378 g/mol. The molecule has 28 heavy (non-hydrogen) atoms. The molecule has 6 nitrogen and oxygen atoms in total. The maximum absolute atomic E-state index is 13.3. The van der Waals surface area contributed by atoms with Crippen LogP contribution in [0.15, 0.2) is 48.7 Å². The maximum atomic E-state index is 13.3. The molecule has 1 N–H and O–H groups in total. The summed E-state index contributed by atoms with van der Waals surface area (Å²) in [6.45, 7) is 8.36. The van der Waals surface area contributed by atoms with Crippen molar-refractivity contribution in [2.75, 3.05) is 11.4 Å². The lowest BCUT2D eigenvalue weighted by molar-refractivity contribution is 0.0928. The van der Waals surface area contributed by atoms with E-state index in [1.54, 1.807) is 15.5 Å². The van der Waals surface area contributed by atoms with Gasteiger partial charge in [0.2, 0.25) is 5.82 Å². The van der Waals surface area contributed by atoms with Gasteiger partial charge in [0.25, 0.3) is 11.8 Å². The largest absolute Gasteiger partial charge is 0.347 e. The third kappa shape index (κ3) is 3.76. The van der Waals surface area contributed by atoms with Gasteiger partial charge in [0.15, 0.2) is 5.69 Å². The number of carbonyl (C=O) groups excluding carboxylic acids is 2. The van der Waals surface area contributed by atoms with E-state index in [2.05, 4.69) is 10.3 Å². The molecule has 0 saturated heterocycles. The number of nitrogens with zero attached hydrogens (tertiary/aromatic N) is 3. The van der Waals surface area contributed by atoms with Crippen LogP contribution in [0.5, 0.6) is 0 Å². The van der Waals surface area contributed by atoms with Crippen molar-refractivity contribution in [1.82, 2.24) is 14.7 Å². The number of fused-ring (bicyclic) bond motifs is 1. The molecule has 1 aromatic carbocycles. The number of benzene rings is 1. The standard InChI is InChI=1S/C22H26N4O2/c1-5-16(4)23-21(27)20-24-19(18-12-7-8-13-26(18)20)22(28)25(6-2)17-11-9-10-15(3)14-17/h7-14,16H,5-6H2,1-4H3,(H,23,27). The van der Waals surface area contributed by atoms with Crippen LogP contribution in [0, 0.1) is 6.92 Å². The molecular weight excluding hydrogens is 352 g/mol. The van der Waals surface area contributed by atoms with Crippen molar-refractivity contribution in [2.24, 2.45) is 0 Å². The lowest BCUT2D eigenvalue weighted by Gasteiger charge is -2.20. The lowest BCUT2D eigenvalue weighted by Crippen LogP contribution is -2.33. The number of amides is 2. The van der Waals surface area contributed by atoms with Crippen LogP contribution in [0.2, 0.25) is 0 Å².